The number of ether oxygens (including phenoxy) is 1. The minimum Gasteiger partial charge on any atom is -0.489 e. The summed E-state index contributed by atoms with van der Waals surface area (Å²) in [6, 6.07) is 11.2. The summed E-state index contributed by atoms with van der Waals surface area (Å²) in [4.78, 5) is 24.5. The van der Waals surface area contributed by atoms with E-state index in [2.05, 4.69) is 0 Å². The Morgan fingerprint density at radius 3 is 2.26 bits per heavy atom. The topological polar surface area (TPSA) is 66.8 Å². The third kappa shape index (κ3) is 4.21. The summed E-state index contributed by atoms with van der Waals surface area (Å²) in [5, 5.41) is 9.00. The van der Waals surface area contributed by atoms with Crippen LogP contribution in [0.1, 0.15) is 17.5 Å². The molecule has 1 heterocycles. The molecular formula is C19H16F3NO4. The lowest BCUT2D eigenvalue weighted by Gasteiger charge is -2.16. The fourth-order valence-corrected chi connectivity index (χ4v) is 2.84. The molecule has 0 saturated carbocycles. The number of halogens is 3. The van der Waals surface area contributed by atoms with Crippen LogP contribution in [0.5, 0.6) is 5.75 Å². The highest BCUT2D eigenvalue weighted by Crippen LogP contribution is 2.30. The first-order valence-electron chi connectivity index (χ1n) is 8.19. The number of benzene rings is 2. The molecule has 0 aliphatic carbocycles. The average molecular weight is 379 g/mol. The van der Waals surface area contributed by atoms with Crippen LogP contribution in [0.2, 0.25) is 0 Å². The molecule has 0 radical (unpaired) electrons. The number of hydrogen-bond donors (Lipinski definition) is 1. The molecule has 27 heavy (non-hydrogen) atoms. The molecular weight excluding hydrogens is 363 g/mol. The lowest BCUT2D eigenvalue weighted by Crippen LogP contribution is -2.29. The number of alkyl halides is 3. The van der Waals surface area contributed by atoms with Crippen LogP contribution < -0.4 is 9.64 Å². The van der Waals surface area contributed by atoms with E-state index in [-0.39, 0.29) is 13.0 Å². The van der Waals surface area contributed by atoms with E-state index >= 15 is 0 Å². The van der Waals surface area contributed by atoms with E-state index in [0.717, 1.165) is 12.1 Å². The van der Waals surface area contributed by atoms with E-state index in [0.29, 0.717) is 23.5 Å². The normalized spacial score (nSPS) is 17.2. The molecule has 2 aromatic carbocycles. The van der Waals surface area contributed by atoms with E-state index in [1.807, 2.05) is 0 Å². The van der Waals surface area contributed by atoms with Crippen molar-refractivity contribution in [3.63, 3.8) is 0 Å². The van der Waals surface area contributed by atoms with Crippen LogP contribution in [0, 0.1) is 5.92 Å². The van der Waals surface area contributed by atoms with Crippen LogP contribution in [0.25, 0.3) is 0 Å². The molecule has 0 unspecified atom stereocenters. The number of aliphatic carboxylic acids is 1. The number of nitrogens with zero attached hydrogens (tertiary/aromatic N) is 1. The van der Waals surface area contributed by atoms with Crippen molar-refractivity contribution in [1.29, 1.82) is 0 Å². The van der Waals surface area contributed by atoms with Crippen molar-refractivity contribution < 1.29 is 32.6 Å². The third-order valence-corrected chi connectivity index (χ3v) is 4.34. The number of hydrogen-bond acceptors (Lipinski definition) is 3. The molecule has 8 heteroatoms. The van der Waals surface area contributed by atoms with Gasteiger partial charge in [0.15, 0.2) is 0 Å². The van der Waals surface area contributed by atoms with Crippen molar-refractivity contribution in [2.45, 2.75) is 19.2 Å². The second-order valence-electron chi connectivity index (χ2n) is 6.15. The lowest BCUT2D eigenvalue weighted by molar-refractivity contribution is -0.145. The molecule has 1 amide bonds. The molecule has 1 aliphatic rings. The fraction of sp³-hybridized carbons (Fsp3) is 0.263. The maximum absolute atomic E-state index is 12.5. The Bertz CT molecular complexity index is 832. The summed E-state index contributed by atoms with van der Waals surface area (Å²) in [5.41, 5.74) is 0.447. The van der Waals surface area contributed by atoms with Gasteiger partial charge in [-0.1, -0.05) is 12.1 Å². The molecule has 1 atom stereocenters. The Labute approximate surface area is 153 Å². The molecule has 1 N–H and O–H groups in total. The highest BCUT2D eigenvalue weighted by Gasteiger charge is 2.37. The van der Waals surface area contributed by atoms with E-state index < -0.39 is 29.5 Å². The Kier molecular flexibility index (Phi) is 5.07. The van der Waals surface area contributed by atoms with Gasteiger partial charge in [0.25, 0.3) is 0 Å². The van der Waals surface area contributed by atoms with Crippen LogP contribution in [-0.4, -0.2) is 23.5 Å². The Morgan fingerprint density at radius 1 is 1.11 bits per heavy atom. The monoisotopic (exact) mass is 379 g/mol. The smallest absolute Gasteiger partial charge is 0.416 e. The van der Waals surface area contributed by atoms with Crippen molar-refractivity contribution in [3.05, 3.63) is 59.7 Å². The van der Waals surface area contributed by atoms with Gasteiger partial charge in [-0.2, -0.15) is 13.2 Å². The summed E-state index contributed by atoms with van der Waals surface area (Å²) in [5.74, 6) is -2.10. The van der Waals surface area contributed by atoms with Gasteiger partial charge in [0.1, 0.15) is 18.3 Å². The maximum Gasteiger partial charge on any atom is 0.416 e. The Morgan fingerprint density at radius 2 is 1.74 bits per heavy atom. The van der Waals surface area contributed by atoms with Gasteiger partial charge in [-0.25, -0.2) is 0 Å². The average Bonchev–Trinajstić information content (AvgIpc) is 3.02. The summed E-state index contributed by atoms with van der Waals surface area (Å²) in [6.45, 7) is 0.433. The minimum absolute atomic E-state index is 0.0984. The highest BCUT2D eigenvalue weighted by atomic mass is 19.4. The number of carbonyl (C=O) groups is 2. The highest BCUT2D eigenvalue weighted by molar-refractivity contribution is 6.07. The first-order valence-corrected chi connectivity index (χ1v) is 8.19. The predicted octanol–water partition coefficient (Wildman–Crippen LogP) is 3.72. The molecule has 142 valence electrons. The van der Waals surface area contributed by atoms with E-state index in [9.17, 15) is 22.8 Å². The van der Waals surface area contributed by atoms with Crippen LogP contribution in [-0.2, 0) is 22.4 Å². The lowest BCUT2D eigenvalue weighted by atomic mass is 10.1. The van der Waals surface area contributed by atoms with Gasteiger partial charge in [0, 0.05) is 12.2 Å². The van der Waals surface area contributed by atoms with Crippen LogP contribution in [0.15, 0.2) is 48.5 Å². The van der Waals surface area contributed by atoms with Crippen molar-refractivity contribution in [2.24, 2.45) is 5.92 Å². The quantitative estimate of drug-likeness (QED) is 0.804. The van der Waals surface area contributed by atoms with Crippen molar-refractivity contribution in [1.82, 2.24) is 0 Å². The summed E-state index contributed by atoms with van der Waals surface area (Å²) in [6.07, 6.45) is -4.11. The number of rotatable bonds is 5. The van der Waals surface area contributed by atoms with Crippen LogP contribution >= 0.6 is 0 Å². The zero-order valence-corrected chi connectivity index (χ0v) is 14.1. The standard InChI is InChI=1S/C19H16F3NO4/c20-19(21,22)13-3-1-12(2-4-13)11-27-15-7-5-14(6-8-15)23-10-9-16(17(23)24)18(25)26/h1-8,16H,9-11H2,(H,25,26)/t16-/m0/s1. The largest absolute Gasteiger partial charge is 0.489 e. The number of carbonyl (C=O) groups excluding carboxylic acids is 1. The second-order valence-corrected chi connectivity index (χ2v) is 6.15. The first kappa shape index (κ1) is 18.8. The van der Waals surface area contributed by atoms with E-state index in [1.54, 1.807) is 24.3 Å². The molecule has 0 spiro atoms. The second kappa shape index (κ2) is 7.30. The van der Waals surface area contributed by atoms with Gasteiger partial charge in [0.05, 0.1) is 5.56 Å². The molecule has 1 saturated heterocycles. The zero-order valence-electron chi connectivity index (χ0n) is 14.1. The van der Waals surface area contributed by atoms with E-state index in [4.69, 9.17) is 9.84 Å². The number of carboxylic acids is 1. The molecule has 0 aromatic heterocycles. The SMILES string of the molecule is O=C(O)[C@H]1CCN(c2ccc(OCc3ccc(C(F)(F)F)cc3)cc2)C1=O. The predicted molar refractivity (Wildman–Crippen MR) is 90.3 cm³/mol. The summed E-state index contributed by atoms with van der Waals surface area (Å²) in [7, 11) is 0. The maximum atomic E-state index is 12.5. The molecule has 2 aromatic rings. The zero-order chi connectivity index (χ0) is 19.6. The van der Waals surface area contributed by atoms with E-state index in [1.165, 1.54) is 17.0 Å². The summed E-state index contributed by atoms with van der Waals surface area (Å²) >= 11 is 0. The fourth-order valence-electron chi connectivity index (χ4n) is 2.84. The Hall–Kier alpha value is -3.03. The van der Waals surface area contributed by atoms with Gasteiger partial charge in [0.2, 0.25) is 5.91 Å². The molecule has 1 aliphatic heterocycles. The molecule has 3 rings (SSSR count). The van der Waals surface area contributed by atoms with Crippen molar-refractivity contribution in [3.8, 4) is 5.75 Å². The van der Waals surface area contributed by atoms with Gasteiger partial charge < -0.3 is 14.7 Å². The van der Waals surface area contributed by atoms with Gasteiger partial charge in [-0.05, 0) is 48.4 Å². The number of carboxylic acid groups (broad SMARTS) is 1. The first-order chi connectivity index (χ1) is 12.8. The Balaban J connectivity index is 1.60. The number of amides is 1. The van der Waals surface area contributed by atoms with Crippen LogP contribution in [0.4, 0.5) is 18.9 Å². The minimum atomic E-state index is -4.37. The third-order valence-electron chi connectivity index (χ3n) is 4.34. The van der Waals surface area contributed by atoms with Gasteiger partial charge in [-0.3, -0.25) is 9.59 Å². The van der Waals surface area contributed by atoms with Gasteiger partial charge in [-0.15, -0.1) is 0 Å². The molecule has 0 bridgehead atoms. The number of anilines is 1. The molecule has 1 fully saturated rings. The van der Waals surface area contributed by atoms with Crippen LogP contribution in [0.3, 0.4) is 0 Å². The summed E-state index contributed by atoms with van der Waals surface area (Å²) < 4.78 is 43.2. The molecule has 5 nitrogen and oxygen atoms in total. The van der Waals surface area contributed by atoms with Gasteiger partial charge >= 0.3 is 12.1 Å². The van der Waals surface area contributed by atoms with Crippen molar-refractivity contribution in [2.75, 3.05) is 11.4 Å². The van der Waals surface area contributed by atoms with Crippen molar-refractivity contribution >= 4 is 17.6 Å².